The predicted molar refractivity (Wildman–Crippen MR) is 112 cm³/mol. The highest BCUT2D eigenvalue weighted by Crippen LogP contribution is 2.58. The van der Waals surface area contributed by atoms with E-state index in [4.69, 9.17) is 0 Å². The summed E-state index contributed by atoms with van der Waals surface area (Å²) in [5, 5.41) is 0. The zero-order valence-electron chi connectivity index (χ0n) is 16.1. The van der Waals surface area contributed by atoms with E-state index >= 15 is 0 Å². The summed E-state index contributed by atoms with van der Waals surface area (Å²) in [6.45, 7) is 10.9. The Labute approximate surface area is 158 Å². The molecule has 3 atom stereocenters. The van der Waals surface area contributed by atoms with Crippen LogP contribution in [0.5, 0.6) is 0 Å². The first-order valence-corrected chi connectivity index (χ1v) is 9.72. The lowest BCUT2D eigenvalue weighted by atomic mass is 9.62. The Morgan fingerprint density at radius 3 is 2.54 bits per heavy atom. The Balaban J connectivity index is 1.93. The first kappa shape index (κ1) is 17.1. The topological polar surface area (TPSA) is 0 Å². The summed E-state index contributed by atoms with van der Waals surface area (Å²) >= 11 is 0. The highest BCUT2D eigenvalue weighted by Gasteiger charge is 2.45. The molecule has 0 aliphatic heterocycles. The fourth-order valence-corrected chi connectivity index (χ4v) is 5.13. The Morgan fingerprint density at radius 2 is 1.81 bits per heavy atom. The fourth-order valence-electron chi connectivity index (χ4n) is 5.13. The molecule has 2 aliphatic carbocycles. The molecular weight excluding hydrogens is 312 g/mol. The van der Waals surface area contributed by atoms with Crippen LogP contribution in [0.25, 0.3) is 11.1 Å². The van der Waals surface area contributed by atoms with Gasteiger partial charge in [0.2, 0.25) is 0 Å². The van der Waals surface area contributed by atoms with Gasteiger partial charge in [0.05, 0.1) is 0 Å². The number of hydrogen-bond donors (Lipinski definition) is 0. The molecule has 2 aliphatic rings. The van der Waals surface area contributed by atoms with Crippen LogP contribution in [0.1, 0.15) is 49.3 Å². The van der Waals surface area contributed by atoms with Gasteiger partial charge in [0.15, 0.2) is 0 Å². The van der Waals surface area contributed by atoms with E-state index < -0.39 is 0 Å². The summed E-state index contributed by atoms with van der Waals surface area (Å²) in [4.78, 5) is 0. The average Bonchev–Trinajstić information content (AvgIpc) is 3.22. The minimum atomic E-state index is 0.137. The zero-order chi connectivity index (χ0) is 18.3. The van der Waals surface area contributed by atoms with E-state index in [0.717, 1.165) is 12.8 Å². The Morgan fingerprint density at radius 1 is 1.04 bits per heavy atom. The summed E-state index contributed by atoms with van der Waals surface area (Å²) in [7, 11) is 0. The second kappa shape index (κ2) is 6.43. The van der Waals surface area contributed by atoms with E-state index in [-0.39, 0.29) is 5.41 Å². The van der Waals surface area contributed by atoms with Gasteiger partial charge in [0.1, 0.15) is 0 Å². The highest BCUT2D eigenvalue weighted by atomic mass is 14.5. The Kier molecular flexibility index (Phi) is 4.23. The van der Waals surface area contributed by atoms with Crippen LogP contribution in [0.3, 0.4) is 0 Å². The number of benzene rings is 2. The van der Waals surface area contributed by atoms with E-state index in [0.29, 0.717) is 11.8 Å². The van der Waals surface area contributed by atoms with E-state index in [1.54, 1.807) is 0 Å². The Hall–Kier alpha value is -2.34. The van der Waals surface area contributed by atoms with Crippen molar-refractivity contribution in [1.82, 2.24) is 0 Å². The molecule has 2 aromatic rings. The second-order valence-corrected chi connectivity index (χ2v) is 8.19. The van der Waals surface area contributed by atoms with Crippen LogP contribution in [0.2, 0.25) is 0 Å². The lowest BCUT2D eigenvalue weighted by Gasteiger charge is -2.41. The molecule has 132 valence electrons. The Bertz CT molecular complexity index is 911. The molecule has 3 unspecified atom stereocenters. The fraction of sp³-hybridized carbons (Fsp3) is 0.308. The third-order valence-electron chi connectivity index (χ3n) is 6.47. The molecule has 4 rings (SSSR count). The molecule has 0 nitrogen and oxygen atoms in total. The van der Waals surface area contributed by atoms with Gasteiger partial charge in [-0.05, 0) is 59.9 Å². The minimum absolute atomic E-state index is 0.137. The maximum Gasteiger partial charge on any atom is 0.0164 e. The molecule has 0 fully saturated rings. The lowest BCUT2D eigenvalue weighted by Crippen LogP contribution is -2.32. The van der Waals surface area contributed by atoms with Gasteiger partial charge in [0.25, 0.3) is 0 Å². The SMILES string of the molecule is C=CCCC(C)(C1C=CC(C)=C1)C1c2ccccc2-c2c(C)cccc21. The molecule has 0 aromatic heterocycles. The first-order chi connectivity index (χ1) is 12.6. The third kappa shape index (κ3) is 2.51. The lowest BCUT2D eigenvalue weighted by molar-refractivity contribution is 0.214. The smallest absolute Gasteiger partial charge is 0.0164 e. The van der Waals surface area contributed by atoms with Gasteiger partial charge in [-0.1, -0.05) is 79.3 Å². The predicted octanol–water partition coefficient (Wildman–Crippen LogP) is 7.21. The van der Waals surface area contributed by atoms with Crippen molar-refractivity contribution in [3.63, 3.8) is 0 Å². The third-order valence-corrected chi connectivity index (χ3v) is 6.47. The van der Waals surface area contributed by atoms with Gasteiger partial charge in [-0.3, -0.25) is 0 Å². The summed E-state index contributed by atoms with van der Waals surface area (Å²) in [5.74, 6) is 0.886. The number of fused-ring (bicyclic) bond motifs is 3. The molecule has 0 N–H and O–H groups in total. The molecule has 0 heterocycles. The van der Waals surface area contributed by atoms with Crippen LogP contribution in [0, 0.1) is 18.3 Å². The van der Waals surface area contributed by atoms with Gasteiger partial charge >= 0.3 is 0 Å². The molecule has 2 aromatic carbocycles. The normalized spacial score (nSPS) is 22.5. The maximum absolute atomic E-state index is 4.00. The van der Waals surface area contributed by atoms with Crippen LogP contribution in [-0.4, -0.2) is 0 Å². The molecule has 0 radical (unpaired) electrons. The maximum atomic E-state index is 4.00. The van der Waals surface area contributed by atoms with E-state index in [1.807, 2.05) is 0 Å². The quantitative estimate of drug-likeness (QED) is 0.504. The van der Waals surface area contributed by atoms with Crippen molar-refractivity contribution in [2.24, 2.45) is 11.3 Å². The van der Waals surface area contributed by atoms with Crippen molar-refractivity contribution in [1.29, 1.82) is 0 Å². The highest BCUT2D eigenvalue weighted by molar-refractivity contribution is 5.81. The van der Waals surface area contributed by atoms with Crippen molar-refractivity contribution in [2.45, 2.75) is 39.5 Å². The van der Waals surface area contributed by atoms with Gasteiger partial charge in [-0.15, -0.1) is 6.58 Å². The van der Waals surface area contributed by atoms with Gasteiger partial charge in [0, 0.05) is 11.8 Å². The molecule has 0 spiro atoms. The van der Waals surface area contributed by atoms with Crippen molar-refractivity contribution in [3.8, 4) is 11.1 Å². The van der Waals surface area contributed by atoms with E-state index in [9.17, 15) is 0 Å². The minimum Gasteiger partial charge on any atom is -0.103 e. The number of hydrogen-bond acceptors (Lipinski definition) is 0. The summed E-state index contributed by atoms with van der Waals surface area (Å²) in [5.41, 5.74) is 8.79. The summed E-state index contributed by atoms with van der Waals surface area (Å²) in [6, 6.07) is 15.9. The number of rotatable bonds is 5. The number of aryl methyl sites for hydroxylation is 1. The number of allylic oxidation sites excluding steroid dienone is 5. The standard InChI is InChI=1S/C26H28/c1-5-6-16-26(4,20-15-14-18(2)17-20)25-22-12-8-7-11-21(22)24-19(3)10-9-13-23(24)25/h5,7-15,17,20,25H,1,6,16H2,2-4H3. The molecule has 0 saturated heterocycles. The van der Waals surface area contributed by atoms with Crippen LogP contribution in [0.4, 0.5) is 0 Å². The molecular formula is C26H28. The van der Waals surface area contributed by atoms with Gasteiger partial charge in [-0.2, -0.15) is 0 Å². The van der Waals surface area contributed by atoms with Crippen molar-refractivity contribution >= 4 is 0 Å². The van der Waals surface area contributed by atoms with Crippen LogP contribution in [-0.2, 0) is 0 Å². The summed E-state index contributed by atoms with van der Waals surface area (Å²) < 4.78 is 0. The second-order valence-electron chi connectivity index (χ2n) is 8.19. The van der Waals surface area contributed by atoms with Crippen LogP contribution >= 0.6 is 0 Å². The molecule has 26 heavy (non-hydrogen) atoms. The molecule has 0 amide bonds. The monoisotopic (exact) mass is 340 g/mol. The van der Waals surface area contributed by atoms with E-state index in [1.165, 1.54) is 33.4 Å². The van der Waals surface area contributed by atoms with Crippen molar-refractivity contribution < 1.29 is 0 Å². The first-order valence-electron chi connectivity index (χ1n) is 9.72. The van der Waals surface area contributed by atoms with E-state index in [2.05, 4.69) is 94.1 Å². The summed E-state index contributed by atoms with van der Waals surface area (Å²) in [6.07, 6.45) is 11.4. The molecule has 0 heteroatoms. The van der Waals surface area contributed by atoms with Gasteiger partial charge in [-0.25, -0.2) is 0 Å². The average molecular weight is 341 g/mol. The van der Waals surface area contributed by atoms with Crippen LogP contribution in [0.15, 0.2) is 78.9 Å². The van der Waals surface area contributed by atoms with Crippen molar-refractivity contribution in [2.75, 3.05) is 0 Å². The zero-order valence-corrected chi connectivity index (χ0v) is 16.1. The van der Waals surface area contributed by atoms with Gasteiger partial charge < -0.3 is 0 Å². The molecule has 0 saturated carbocycles. The molecule has 0 bridgehead atoms. The largest absolute Gasteiger partial charge is 0.103 e. The van der Waals surface area contributed by atoms with Crippen molar-refractivity contribution in [3.05, 3.63) is 95.6 Å². The van der Waals surface area contributed by atoms with Crippen LogP contribution < -0.4 is 0 Å².